The molecule has 0 unspecified atom stereocenters. The van der Waals surface area contributed by atoms with Crippen molar-refractivity contribution in [2.24, 2.45) is 5.73 Å². The quantitative estimate of drug-likeness (QED) is 0.873. The third-order valence-corrected chi connectivity index (χ3v) is 2.56. The minimum atomic E-state index is -0.217. The lowest BCUT2D eigenvalue weighted by Gasteiger charge is -2.16. The predicted molar refractivity (Wildman–Crippen MR) is 65.2 cm³/mol. The molecule has 0 bridgehead atoms. The van der Waals surface area contributed by atoms with E-state index in [0.717, 1.165) is 11.3 Å². The van der Waals surface area contributed by atoms with Crippen molar-refractivity contribution in [3.63, 3.8) is 0 Å². The molecule has 0 radical (unpaired) electrons. The summed E-state index contributed by atoms with van der Waals surface area (Å²) in [5.41, 5.74) is 7.55. The number of hydrogen-bond acceptors (Lipinski definition) is 5. The highest BCUT2D eigenvalue weighted by Gasteiger charge is 2.15. The summed E-state index contributed by atoms with van der Waals surface area (Å²) in [6, 6.07) is 7.21. The van der Waals surface area contributed by atoms with Gasteiger partial charge in [-0.05, 0) is 19.1 Å². The molecule has 0 saturated heterocycles. The number of aromatic nitrogens is 3. The van der Waals surface area contributed by atoms with E-state index < -0.39 is 0 Å². The number of methoxy groups -OCH3 is 1. The SMILES string of the molecule is COc1cccc(-n2cnc(C#N)n2)c1[C@@H](C)N. The lowest BCUT2D eigenvalue weighted by atomic mass is 10.1. The van der Waals surface area contributed by atoms with Gasteiger partial charge in [0, 0.05) is 11.6 Å². The van der Waals surface area contributed by atoms with Gasteiger partial charge in [-0.25, -0.2) is 9.67 Å². The number of nitriles is 1. The summed E-state index contributed by atoms with van der Waals surface area (Å²) >= 11 is 0. The number of nitrogens with two attached hydrogens (primary N) is 1. The van der Waals surface area contributed by atoms with E-state index >= 15 is 0 Å². The molecule has 1 heterocycles. The highest BCUT2D eigenvalue weighted by Crippen LogP contribution is 2.29. The summed E-state index contributed by atoms with van der Waals surface area (Å²) in [4.78, 5) is 3.88. The zero-order chi connectivity index (χ0) is 13.1. The standard InChI is InChI=1S/C12H13N5O/c1-8(14)12-9(4-3-5-10(12)18-2)17-7-15-11(6-13)16-17/h3-5,7-8H,14H2,1-2H3/t8-/m1/s1. The monoisotopic (exact) mass is 243 g/mol. The van der Waals surface area contributed by atoms with E-state index in [1.165, 1.54) is 11.0 Å². The van der Waals surface area contributed by atoms with Crippen LogP contribution in [-0.4, -0.2) is 21.9 Å². The van der Waals surface area contributed by atoms with Gasteiger partial charge in [0.15, 0.2) is 0 Å². The highest BCUT2D eigenvalue weighted by atomic mass is 16.5. The summed E-state index contributed by atoms with van der Waals surface area (Å²) in [5, 5.41) is 12.8. The van der Waals surface area contributed by atoms with Crippen LogP contribution in [0.3, 0.4) is 0 Å². The summed E-state index contributed by atoms with van der Waals surface area (Å²) in [6.45, 7) is 1.86. The van der Waals surface area contributed by atoms with Crippen LogP contribution in [0.2, 0.25) is 0 Å². The Bertz CT molecular complexity index is 597. The van der Waals surface area contributed by atoms with Gasteiger partial charge in [-0.3, -0.25) is 0 Å². The molecule has 2 aromatic rings. The Kier molecular flexibility index (Phi) is 3.26. The normalized spacial score (nSPS) is 11.9. The van der Waals surface area contributed by atoms with Crippen molar-refractivity contribution in [3.8, 4) is 17.5 Å². The zero-order valence-corrected chi connectivity index (χ0v) is 10.2. The Labute approximate surface area is 105 Å². The summed E-state index contributed by atoms with van der Waals surface area (Å²) in [5.74, 6) is 0.810. The second-order valence-corrected chi connectivity index (χ2v) is 3.81. The molecule has 0 aliphatic heterocycles. The molecule has 1 atom stereocenters. The summed E-state index contributed by atoms with van der Waals surface area (Å²) in [6.07, 6.45) is 1.49. The molecule has 0 spiro atoms. The molecule has 92 valence electrons. The number of hydrogen-bond donors (Lipinski definition) is 1. The Balaban J connectivity index is 2.60. The fourth-order valence-corrected chi connectivity index (χ4v) is 1.80. The summed E-state index contributed by atoms with van der Waals surface area (Å²) in [7, 11) is 1.59. The molecule has 2 N–H and O–H groups in total. The van der Waals surface area contributed by atoms with Crippen LogP contribution in [0.4, 0.5) is 0 Å². The van der Waals surface area contributed by atoms with Gasteiger partial charge >= 0.3 is 0 Å². The zero-order valence-electron chi connectivity index (χ0n) is 10.2. The minimum absolute atomic E-state index is 0.119. The molecular formula is C12H13N5O. The average molecular weight is 243 g/mol. The third-order valence-electron chi connectivity index (χ3n) is 2.56. The highest BCUT2D eigenvalue weighted by molar-refractivity contribution is 5.50. The van der Waals surface area contributed by atoms with E-state index in [1.54, 1.807) is 7.11 Å². The first-order valence-corrected chi connectivity index (χ1v) is 5.42. The molecule has 1 aromatic heterocycles. The number of ether oxygens (including phenoxy) is 1. The predicted octanol–water partition coefficient (Wildman–Crippen LogP) is 1.17. The van der Waals surface area contributed by atoms with E-state index in [1.807, 2.05) is 31.2 Å². The van der Waals surface area contributed by atoms with E-state index in [4.69, 9.17) is 15.7 Å². The smallest absolute Gasteiger partial charge is 0.252 e. The molecule has 6 nitrogen and oxygen atoms in total. The lowest BCUT2D eigenvalue weighted by Crippen LogP contribution is -2.12. The van der Waals surface area contributed by atoms with Crippen LogP contribution in [0.1, 0.15) is 24.4 Å². The van der Waals surface area contributed by atoms with E-state index in [9.17, 15) is 0 Å². The maximum atomic E-state index is 8.74. The minimum Gasteiger partial charge on any atom is -0.496 e. The van der Waals surface area contributed by atoms with Gasteiger partial charge in [0.1, 0.15) is 18.1 Å². The third kappa shape index (κ3) is 2.04. The molecule has 0 saturated carbocycles. The van der Waals surface area contributed by atoms with Crippen molar-refractivity contribution in [1.82, 2.24) is 14.8 Å². The molecule has 0 aliphatic rings. The van der Waals surface area contributed by atoms with Gasteiger partial charge in [0.2, 0.25) is 0 Å². The fraction of sp³-hybridized carbons (Fsp3) is 0.250. The van der Waals surface area contributed by atoms with Crippen LogP contribution in [0.5, 0.6) is 5.75 Å². The van der Waals surface area contributed by atoms with Crippen LogP contribution < -0.4 is 10.5 Å². The maximum Gasteiger partial charge on any atom is 0.252 e. The molecule has 0 fully saturated rings. The van der Waals surface area contributed by atoms with Crippen molar-refractivity contribution in [1.29, 1.82) is 5.26 Å². The van der Waals surface area contributed by atoms with Crippen molar-refractivity contribution in [3.05, 3.63) is 35.9 Å². The van der Waals surface area contributed by atoms with Gasteiger partial charge in [-0.15, -0.1) is 5.10 Å². The Morgan fingerprint density at radius 2 is 2.28 bits per heavy atom. The molecule has 18 heavy (non-hydrogen) atoms. The Morgan fingerprint density at radius 1 is 1.50 bits per heavy atom. The second-order valence-electron chi connectivity index (χ2n) is 3.81. The van der Waals surface area contributed by atoms with Gasteiger partial charge in [-0.1, -0.05) is 6.07 Å². The van der Waals surface area contributed by atoms with Gasteiger partial charge in [0.25, 0.3) is 5.82 Å². The fourth-order valence-electron chi connectivity index (χ4n) is 1.80. The molecule has 1 aromatic carbocycles. The van der Waals surface area contributed by atoms with Crippen LogP contribution in [0.15, 0.2) is 24.5 Å². The van der Waals surface area contributed by atoms with Crippen LogP contribution in [0, 0.1) is 11.3 Å². The number of rotatable bonds is 3. The average Bonchev–Trinajstić information content (AvgIpc) is 2.86. The molecule has 2 rings (SSSR count). The van der Waals surface area contributed by atoms with Crippen LogP contribution in [-0.2, 0) is 0 Å². The summed E-state index contributed by atoms with van der Waals surface area (Å²) < 4.78 is 6.82. The van der Waals surface area contributed by atoms with E-state index in [0.29, 0.717) is 5.75 Å². The van der Waals surface area contributed by atoms with Gasteiger partial charge in [-0.2, -0.15) is 5.26 Å². The molecule has 6 heteroatoms. The van der Waals surface area contributed by atoms with E-state index in [2.05, 4.69) is 10.1 Å². The van der Waals surface area contributed by atoms with Crippen molar-refractivity contribution >= 4 is 0 Å². The van der Waals surface area contributed by atoms with Crippen molar-refractivity contribution in [2.75, 3.05) is 7.11 Å². The first-order valence-electron chi connectivity index (χ1n) is 5.42. The first-order chi connectivity index (χ1) is 8.67. The van der Waals surface area contributed by atoms with Gasteiger partial charge in [0.05, 0.1) is 12.8 Å². The van der Waals surface area contributed by atoms with Crippen molar-refractivity contribution < 1.29 is 4.74 Å². The first kappa shape index (κ1) is 12.1. The van der Waals surface area contributed by atoms with Crippen molar-refractivity contribution in [2.45, 2.75) is 13.0 Å². The molecule has 0 aliphatic carbocycles. The Hall–Kier alpha value is -2.39. The number of nitrogens with zero attached hydrogens (tertiary/aromatic N) is 4. The van der Waals surface area contributed by atoms with Crippen LogP contribution >= 0.6 is 0 Å². The van der Waals surface area contributed by atoms with E-state index in [-0.39, 0.29) is 11.9 Å². The molecular weight excluding hydrogens is 230 g/mol. The topological polar surface area (TPSA) is 89.8 Å². The molecule has 0 amide bonds. The number of benzene rings is 1. The van der Waals surface area contributed by atoms with Crippen LogP contribution in [0.25, 0.3) is 5.69 Å². The largest absolute Gasteiger partial charge is 0.496 e. The van der Waals surface area contributed by atoms with Gasteiger partial charge < -0.3 is 10.5 Å². The maximum absolute atomic E-state index is 8.74. The second kappa shape index (κ2) is 4.85. The lowest BCUT2D eigenvalue weighted by molar-refractivity contribution is 0.406. The Morgan fingerprint density at radius 3 is 2.83 bits per heavy atom.